The minimum absolute atomic E-state index is 0.362. The quantitative estimate of drug-likeness (QED) is 0.597. The van der Waals surface area contributed by atoms with Crippen molar-refractivity contribution in [1.82, 2.24) is 0 Å². The summed E-state index contributed by atoms with van der Waals surface area (Å²) < 4.78 is 15.3. The Bertz CT molecular complexity index is 381. The molecule has 2 nitrogen and oxygen atoms in total. The second kappa shape index (κ2) is 5.41. The smallest absolute Gasteiger partial charge is 0.144 e. The van der Waals surface area contributed by atoms with Gasteiger partial charge in [0.05, 0.1) is 6.21 Å². The van der Waals surface area contributed by atoms with Crippen LogP contribution >= 0.6 is 23.2 Å². The van der Waals surface area contributed by atoms with Gasteiger partial charge in [-0.2, -0.15) is 0 Å². The fourth-order valence-corrected chi connectivity index (χ4v) is 1.99. The van der Waals surface area contributed by atoms with Crippen LogP contribution in [0.5, 0.6) is 0 Å². The minimum atomic E-state index is -1.27. The molecule has 1 unspecified atom stereocenters. The van der Waals surface area contributed by atoms with Crippen LogP contribution in [-0.4, -0.2) is 15.5 Å². The van der Waals surface area contributed by atoms with E-state index >= 15 is 0 Å². The van der Waals surface area contributed by atoms with Crippen LogP contribution in [0.1, 0.15) is 26.3 Å². The Balaban J connectivity index is 2.84. The lowest BCUT2D eigenvalue weighted by Crippen LogP contribution is -2.25. The minimum Gasteiger partial charge on any atom is -0.591 e. The molecule has 88 valence electrons. The summed E-state index contributed by atoms with van der Waals surface area (Å²) in [4.78, 5) is 0. The number of hydrogen-bond acceptors (Lipinski definition) is 2. The largest absolute Gasteiger partial charge is 0.591 e. The van der Waals surface area contributed by atoms with Crippen molar-refractivity contribution in [3.05, 3.63) is 33.8 Å². The first-order chi connectivity index (χ1) is 7.29. The molecule has 1 aromatic carbocycles. The van der Waals surface area contributed by atoms with Crippen molar-refractivity contribution in [2.24, 2.45) is 4.40 Å². The van der Waals surface area contributed by atoms with E-state index in [0.717, 1.165) is 5.56 Å². The van der Waals surface area contributed by atoms with Crippen molar-refractivity contribution in [1.29, 1.82) is 0 Å². The van der Waals surface area contributed by atoms with Crippen LogP contribution in [0.4, 0.5) is 0 Å². The predicted octanol–water partition coefficient (Wildman–Crippen LogP) is 3.87. The maximum atomic E-state index is 11.7. The summed E-state index contributed by atoms with van der Waals surface area (Å²) in [6.07, 6.45) is 1.53. The summed E-state index contributed by atoms with van der Waals surface area (Å²) in [5.41, 5.74) is 0.745. The van der Waals surface area contributed by atoms with Crippen LogP contribution in [0.25, 0.3) is 0 Å². The van der Waals surface area contributed by atoms with Gasteiger partial charge < -0.3 is 4.55 Å². The molecule has 0 heterocycles. The molecule has 0 saturated carbocycles. The van der Waals surface area contributed by atoms with E-state index in [1.807, 2.05) is 20.8 Å². The fourth-order valence-electron chi connectivity index (χ4n) is 0.917. The van der Waals surface area contributed by atoms with E-state index in [1.54, 1.807) is 18.2 Å². The lowest BCUT2D eigenvalue weighted by atomic mass is 10.2. The predicted molar refractivity (Wildman–Crippen MR) is 72.0 cm³/mol. The first-order valence-electron chi connectivity index (χ1n) is 4.71. The van der Waals surface area contributed by atoms with Gasteiger partial charge in [0.1, 0.15) is 16.1 Å². The molecule has 1 aromatic rings. The van der Waals surface area contributed by atoms with E-state index in [4.69, 9.17) is 23.2 Å². The van der Waals surface area contributed by atoms with Crippen molar-refractivity contribution in [2.75, 3.05) is 0 Å². The lowest BCUT2D eigenvalue weighted by molar-refractivity contribution is 0.562. The summed E-state index contributed by atoms with van der Waals surface area (Å²) in [6, 6.07) is 5.08. The number of benzene rings is 1. The van der Waals surface area contributed by atoms with E-state index in [-0.39, 0.29) is 4.75 Å². The maximum Gasteiger partial charge on any atom is 0.144 e. The average Bonchev–Trinajstić information content (AvgIpc) is 2.11. The number of rotatable bonds is 2. The van der Waals surface area contributed by atoms with Gasteiger partial charge in [-0.05, 0) is 39.0 Å². The van der Waals surface area contributed by atoms with Crippen LogP contribution in [0.15, 0.2) is 22.6 Å². The van der Waals surface area contributed by atoms with Crippen molar-refractivity contribution >= 4 is 40.8 Å². The number of halogens is 2. The van der Waals surface area contributed by atoms with Gasteiger partial charge in [0, 0.05) is 15.6 Å². The first-order valence-corrected chi connectivity index (χ1v) is 6.57. The molecule has 0 aliphatic carbocycles. The van der Waals surface area contributed by atoms with Crippen LogP contribution in [0, 0.1) is 0 Å². The molecule has 0 fully saturated rings. The van der Waals surface area contributed by atoms with E-state index in [1.165, 1.54) is 6.21 Å². The molecule has 0 aromatic heterocycles. The summed E-state index contributed by atoms with van der Waals surface area (Å²) >= 11 is 10.4. The molecule has 0 amide bonds. The van der Waals surface area contributed by atoms with E-state index in [2.05, 4.69) is 4.40 Å². The van der Waals surface area contributed by atoms with Gasteiger partial charge in [-0.25, -0.2) is 0 Å². The molecule has 0 spiro atoms. The normalized spacial score (nSPS) is 14.4. The molecule has 1 rings (SSSR count). The van der Waals surface area contributed by atoms with Crippen LogP contribution in [-0.2, 0) is 11.4 Å². The highest BCUT2D eigenvalue weighted by Gasteiger charge is 2.25. The Kier molecular flexibility index (Phi) is 4.68. The Morgan fingerprint density at radius 3 is 2.12 bits per heavy atom. The fraction of sp³-hybridized carbons (Fsp3) is 0.364. The molecule has 0 N–H and O–H groups in total. The Morgan fingerprint density at radius 1 is 1.19 bits per heavy atom. The van der Waals surface area contributed by atoms with Crippen molar-refractivity contribution in [3.63, 3.8) is 0 Å². The van der Waals surface area contributed by atoms with Gasteiger partial charge in [0.25, 0.3) is 0 Å². The molecule has 0 radical (unpaired) electrons. The third-order valence-corrected chi connectivity index (χ3v) is 3.49. The molecular formula is C11H13Cl2NOS. The van der Waals surface area contributed by atoms with Gasteiger partial charge in [0.2, 0.25) is 0 Å². The molecular weight excluding hydrogens is 265 g/mol. The monoisotopic (exact) mass is 277 g/mol. The highest BCUT2D eigenvalue weighted by Crippen LogP contribution is 2.20. The zero-order valence-electron chi connectivity index (χ0n) is 9.33. The second-order valence-electron chi connectivity index (χ2n) is 4.30. The van der Waals surface area contributed by atoms with Crippen LogP contribution < -0.4 is 0 Å². The molecule has 1 atom stereocenters. The third-order valence-electron chi connectivity index (χ3n) is 1.71. The Labute approximate surface area is 109 Å². The topological polar surface area (TPSA) is 35.4 Å². The van der Waals surface area contributed by atoms with Crippen molar-refractivity contribution < 1.29 is 4.55 Å². The van der Waals surface area contributed by atoms with Crippen LogP contribution in [0.3, 0.4) is 0 Å². The SMILES string of the molecule is CC(C)(C)[S+]([O-])/N=C/c1cc(Cl)cc(Cl)c1. The highest BCUT2D eigenvalue weighted by molar-refractivity contribution is 7.91. The van der Waals surface area contributed by atoms with E-state index in [0.29, 0.717) is 10.0 Å². The molecule has 0 bridgehead atoms. The first kappa shape index (κ1) is 13.8. The van der Waals surface area contributed by atoms with Gasteiger partial charge in [-0.15, -0.1) is 0 Å². The number of hydrogen-bond donors (Lipinski definition) is 0. The molecule has 0 aliphatic heterocycles. The molecule has 16 heavy (non-hydrogen) atoms. The maximum absolute atomic E-state index is 11.7. The van der Waals surface area contributed by atoms with Crippen LogP contribution in [0.2, 0.25) is 10.0 Å². The lowest BCUT2D eigenvalue weighted by Gasteiger charge is -2.17. The summed E-state index contributed by atoms with van der Waals surface area (Å²) in [6.45, 7) is 5.60. The van der Waals surface area contributed by atoms with Crippen molar-refractivity contribution in [3.8, 4) is 0 Å². The molecule has 0 saturated heterocycles. The van der Waals surface area contributed by atoms with Gasteiger partial charge in [-0.3, -0.25) is 0 Å². The Hall–Kier alpha value is -0.220. The number of nitrogens with zero attached hydrogens (tertiary/aromatic N) is 1. The summed E-state index contributed by atoms with van der Waals surface area (Å²) in [5.74, 6) is 0. The molecule has 5 heteroatoms. The van der Waals surface area contributed by atoms with Gasteiger partial charge in [0.15, 0.2) is 0 Å². The second-order valence-corrected chi connectivity index (χ2v) is 7.11. The zero-order chi connectivity index (χ0) is 12.3. The average molecular weight is 278 g/mol. The van der Waals surface area contributed by atoms with Crippen molar-refractivity contribution in [2.45, 2.75) is 25.5 Å². The van der Waals surface area contributed by atoms with Gasteiger partial charge >= 0.3 is 0 Å². The third kappa shape index (κ3) is 4.34. The molecule has 0 aliphatic rings. The van der Waals surface area contributed by atoms with Gasteiger partial charge in [-0.1, -0.05) is 27.6 Å². The highest BCUT2D eigenvalue weighted by atomic mass is 35.5. The summed E-state index contributed by atoms with van der Waals surface area (Å²) in [7, 11) is 0. The zero-order valence-corrected chi connectivity index (χ0v) is 11.7. The van der Waals surface area contributed by atoms with E-state index < -0.39 is 11.4 Å². The Morgan fingerprint density at radius 2 is 1.69 bits per heavy atom. The van der Waals surface area contributed by atoms with E-state index in [9.17, 15) is 4.55 Å². The standard InChI is InChI=1S/C11H13Cl2NOS/c1-11(2,3)16(15)14-7-8-4-9(12)6-10(13)5-8/h4-7H,1-3H3/b14-7+. The summed E-state index contributed by atoms with van der Waals surface area (Å²) in [5, 5.41) is 1.07.